The van der Waals surface area contributed by atoms with Gasteiger partial charge < -0.3 is 5.32 Å². The minimum atomic E-state index is 0.179. The number of benzene rings is 3. The first kappa shape index (κ1) is 24.2. The molecule has 0 saturated heterocycles. The number of nitrogens with one attached hydrogen (secondary N) is 1. The first-order chi connectivity index (χ1) is 16.3. The molecule has 0 bridgehead atoms. The van der Waals surface area contributed by atoms with E-state index in [0.29, 0.717) is 0 Å². The van der Waals surface area contributed by atoms with Gasteiger partial charge in [-0.1, -0.05) is 91.8 Å². The second kappa shape index (κ2) is 7.99. The lowest BCUT2D eigenvalue weighted by molar-refractivity contribution is 0.332. The Hall–Kier alpha value is -2.54. The van der Waals surface area contributed by atoms with Gasteiger partial charge in [0.1, 0.15) is 0 Å². The van der Waals surface area contributed by atoms with Gasteiger partial charge in [-0.2, -0.15) is 0 Å². The highest BCUT2D eigenvalue weighted by molar-refractivity contribution is 5.83. The molecule has 0 amide bonds. The molecule has 35 heavy (non-hydrogen) atoms. The van der Waals surface area contributed by atoms with Gasteiger partial charge in [-0.25, -0.2) is 0 Å². The van der Waals surface area contributed by atoms with Gasteiger partial charge in [-0.3, -0.25) is 0 Å². The van der Waals surface area contributed by atoms with Gasteiger partial charge in [-0.15, -0.1) is 0 Å². The van der Waals surface area contributed by atoms with Crippen molar-refractivity contribution in [2.75, 3.05) is 5.32 Å². The zero-order valence-corrected chi connectivity index (χ0v) is 23.1. The van der Waals surface area contributed by atoms with Crippen molar-refractivity contribution in [3.63, 3.8) is 0 Å². The fraction of sp³-hybridized carbons (Fsp3) is 0.471. The number of anilines is 2. The molecule has 0 radical (unpaired) electrons. The molecule has 2 aliphatic rings. The van der Waals surface area contributed by atoms with Crippen molar-refractivity contribution in [2.24, 2.45) is 0 Å². The third-order valence-electron chi connectivity index (χ3n) is 9.21. The Balaban J connectivity index is 1.67. The Morgan fingerprint density at radius 1 is 0.514 bits per heavy atom. The van der Waals surface area contributed by atoms with Crippen molar-refractivity contribution in [3.8, 4) is 11.1 Å². The molecule has 0 spiro atoms. The molecule has 0 heterocycles. The summed E-state index contributed by atoms with van der Waals surface area (Å²) in [5, 5.41) is 3.90. The highest BCUT2D eigenvalue weighted by Crippen LogP contribution is 2.50. The standard InChI is InChI=1S/C34H43N/c1-31(2)16-17-32(3,4)27-20-24(14-15-26(27)31)35-30-22-29-28(33(5,6)18-19-34(29,7)8)21-25(30)23-12-10-9-11-13-23/h9-15,20-22,35H,16-19H2,1-8H3. The quantitative estimate of drug-likeness (QED) is 0.406. The first-order valence-corrected chi connectivity index (χ1v) is 13.5. The average molecular weight is 466 g/mol. The molecule has 0 aliphatic heterocycles. The molecule has 2 aliphatic carbocycles. The van der Waals surface area contributed by atoms with E-state index in [1.54, 1.807) is 0 Å². The van der Waals surface area contributed by atoms with E-state index in [0.717, 1.165) is 0 Å². The van der Waals surface area contributed by atoms with Crippen LogP contribution in [0.25, 0.3) is 11.1 Å². The number of hydrogen-bond donors (Lipinski definition) is 1. The van der Waals surface area contributed by atoms with E-state index in [4.69, 9.17) is 0 Å². The summed E-state index contributed by atoms with van der Waals surface area (Å²) in [5.74, 6) is 0. The molecular weight excluding hydrogens is 422 g/mol. The van der Waals surface area contributed by atoms with Gasteiger partial charge in [0, 0.05) is 16.9 Å². The summed E-state index contributed by atoms with van der Waals surface area (Å²) in [4.78, 5) is 0. The van der Waals surface area contributed by atoms with Crippen LogP contribution in [-0.4, -0.2) is 0 Å². The van der Waals surface area contributed by atoms with Crippen LogP contribution in [0.3, 0.4) is 0 Å². The molecular formula is C34H43N. The monoisotopic (exact) mass is 465 g/mol. The minimum Gasteiger partial charge on any atom is -0.355 e. The third-order valence-corrected chi connectivity index (χ3v) is 9.21. The molecule has 0 saturated carbocycles. The van der Waals surface area contributed by atoms with Gasteiger partial charge in [0.25, 0.3) is 0 Å². The molecule has 0 aromatic heterocycles. The van der Waals surface area contributed by atoms with Crippen LogP contribution in [-0.2, 0) is 21.7 Å². The highest BCUT2D eigenvalue weighted by atomic mass is 14.9. The van der Waals surface area contributed by atoms with Crippen LogP contribution in [0.1, 0.15) is 103 Å². The normalized spacial score (nSPS) is 21.0. The molecule has 3 aromatic rings. The summed E-state index contributed by atoms with van der Waals surface area (Å²) in [6, 6.07) is 23.0. The van der Waals surface area contributed by atoms with Gasteiger partial charge in [-0.05, 0) is 99.4 Å². The highest BCUT2D eigenvalue weighted by Gasteiger charge is 2.39. The Morgan fingerprint density at radius 2 is 1.00 bits per heavy atom. The van der Waals surface area contributed by atoms with Crippen LogP contribution < -0.4 is 5.32 Å². The fourth-order valence-electron chi connectivity index (χ4n) is 6.40. The van der Waals surface area contributed by atoms with Crippen molar-refractivity contribution in [2.45, 2.75) is 103 Å². The lowest BCUT2D eigenvalue weighted by Gasteiger charge is -2.43. The van der Waals surface area contributed by atoms with Gasteiger partial charge in [0.15, 0.2) is 0 Å². The molecule has 3 aromatic carbocycles. The van der Waals surface area contributed by atoms with Crippen molar-refractivity contribution in [1.29, 1.82) is 0 Å². The zero-order valence-electron chi connectivity index (χ0n) is 23.1. The molecule has 5 rings (SSSR count). The van der Waals surface area contributed by atoms with E-state index >= 15 is 0 Å². The number of hydrogen-bond acceptors (Lipinski definition) is 1. The molecule has 0 unspecified atom stereocenters. The second-order valence-electron chi connectivity index (χ2n) is 13.7. The Labute approximate surface area is 213 Å². The smallest absolute Gasteiger partial charge is 0.0467 e. The summed E-state index contributed by atoms with van der Waals surface area (Å²) >= 11 is 0. The number of fused-ring (bicyclic) bond motifs is 2. The summed E-state index contributed by atoms with van der Waals surface area (Å²) in [6.07, 6.45) is 4.92. The predicted molar refractivity (Wildman–Crippen MR) is 152 cm³/mol. The van der Waals surface area contributed by atoms with E-state index in [9.17, 15) is 0 Å². The van der Waals surface area contributed by atoms with Gasteiger partial charge >= 0.3 is 0 Å². The Bertz CT molecular complexity index is 1260. The maximum atomic E-state index is 3.90. The largest absolute Gasteiger partial charge is 0.355 e. The van der Waals surface area contributed by atoms with Crippen molar-refractivity contribution in [3.05, 3.63) is 82.9 Å². The Morgan fingerprint density at radius 3 is 1.57 bits per heavy atom. The zero-order chi connectivity index (χ0) is 25.2. The minimum absolute atomic E-state index is 0.179. The van der Waals surface area contributed by atoms with Crippen LogP contribution in [0, 0.1) is 0 Å². The van der Waals surface area contributed by atoms with Gasteiger partial charge in [0.05, 0.1) is 0 Å². The van der Waals surface area contributed by atoms with Crippen molar-refractivity contribution in [1.82, 2.24) is 0 Å². The average Bonchev–Trinajstić information content (AvgIpc) is 2.80. The summed E-state index contributed by atoms with van der Waals surface area (Å²) in [7, 11) is 0. The summed E-state index contributed by atoms with van der Waals surface area (Å²) in [5.41, 5.74) is 11.8. The van der Waals surface area contributed by atoms with E-state index in [1.165, 1.54) is 70.4 Å². The van der Waals surface area contributed by atoms with Crippen LogP contribution >= 0.6 is 0 Å². The van der Waals surface area contributed by atoms with E-state index in [1.807, 2.05) is 0 Å². The Kier molecular flexibility index (Phi) is 5.51. The summed E-state index contributed by atoms with van der Waals surface area (Å²) in [6.45, 7) is 19.3. The van der Waals surface area contributed by atoms with Gasteiger partial charge in [0.2, 0.25) is 0 Å². The maximum absolute atomic E-state index is 3.90. The van der Waals surface area contributed by atoms with E-state index < -0.39 is 0 Å². The second-order valence-corrected chi connectivity index (χ2v) is 13.7. The van der Waals surface area contributed by atoms with Crippen LogP contribution in [0.4, 0.5) is 11.4 Å². The summed E-state index contributed by atoms with van der Waals surface area (Å²) < 4.78 is 0. The molecule has 1 heteroatoms. The maximum Gasteiger partial charge on any atom is 0.0467 e. The van der Waals surface area contributed by atoms with Crippen LogP contribution in [0.15, 0.2) is 60.7 Å². The molecule has 1 nitrogen and oxygen atoms in total. The molecule has 0 fully saturated rings. The SMILES string of the molecule is CC1(C)CCC(C)(C)c2cc(Nc3cc4c(cc3-c3ccccc3)C(C)(C)CCC4(C)C)ccc21. The topological polar surface area (TPSA) is 12.0 Å². The third kappa shape index (κ3) is 4.22. The number of rotatable bonds is 3. The first-order valence-electron chi connectivity index (χ1n) is 13.5. The van der Waals surface area contributed by atoms with Crippen molar-refractivity contribution >= 4 is 11.4 Å². The molecule has 184 valence electrons. The lowest BCUT2D eigenvalue weighted by Crippen LogP contribution is -2.34. The fourth-order valence-corrected chi connectivity index (χ4v) is 6.40. The predicted octanol–water partition coefficient (Wildman–Crippen LogP) is 9.80. The van der Waals surface area contributed by atoms with E-state index in [2.05, 4.69) is 121 Å². The molecule has 0 atom stereocenters. The van der Waals surface area contributed by atoms with Crippen molar-refractivity contribution < 1.29 is 0 Å². The van der Waals surface area contributed by atoms with Crippen LogP contribution in [0.2, 0.25) is 0 Å². The van der Waals surface area contributed by atoms with Crippen LogP contribution in [0.5, 0.6) is 0 Å². The molecule has 1 N–H and O–H groups in total. The van der Waals surface area contributed by atoms with E-state index in [-0.39, 0.29) is 21.7 Å². The lowest BCUT2D eigenvalue weighted by atomic mass is 9.62.